The highest BCUT2D eigenvalue weighted by Gasteiger charge is 2.34. The number of nitrogens with two attached hydrogens (primary N) is 1. The van der Waals surface area contributed by atoms with Crippen molar-refractivity contribution < 1.29 is 9.18 Å². The molecule has 1 saturated carbocycles. The third-order valence-corrected chi connectivity index (χ3v) is 4.61. The lowest BCUT2D eigenvalue weighted by Gasteiger charge is -2.43. The summed E-state index contributed by atoms with van der Waals surface area (Å²) >= 11 is 0. The van der Waals surface area contributed by atoms with E-state index in [4.69, 9.17) is 5.73 Å². The van der Waals surface area contributed by atoms with Crippen LogP contribution in [0.25, 0.3) is 0 Å². The number of anilines is 1. The molecule has 0 saturated heterocycles. The van der Waals surface area contributed by atoms with Crippen molar-refractivity contribution in [2.24, 2.45) is 0 Å². The highest BCUT2D eigenvalue weighted by molar-refractivity contribution is 5.99. The molecule has 0 spiro atoms. The number of carbonyl (C=O) groups excluding carboxylic acids is 1. The Hall–Kier alpha value is -1.62. The highest BCUT2D eigenvalue weighted by atomic mass is 19.1. The van der Waals surface area contributed by atoms with Crippen molar-refractivity contribution in [3.63, 3.8) is 0 Å². The quantitative estimate of drug-likeness (QED) is 0.838. The molecule has 0 heterocycles. The van der Waals surface area contributed by atoms with Gasteiger partial charge in [-0.3, -0.25) is 4.79 Å². The van der Waals surface area contributed by atoms with E-state index in [9.17, 15) is 9.18 Å². The molecule has 116 valence electrons. The predicted molar refractivity (Wildman–Crippen MR) is 82.6 cm³/mol. The van der Waals surface area contributed by atoms with Gasteiger partial charge >= 0.3 is 0 Å². The Balaban J connectivity index is 2.07. The number of hydrogen-bond acceptors (Lipinski definition) is 3. The zero-order valence-corrected chi connectivity index (χ0v) is 12.8. The smallest absolute Gasteiger partial charge is 0.253 e. The molecule has 3 N–H and O–H groups in total. The molecule has 0 bridgehead atoms. The Morgan fingerprint density at radius 1 is 1.33 bits per heavy atom. The molecule has 1 aliphatic carbocycles. The second-order valence-electron chi connectivity index (χ2n) is 6.06. The predicted octanol–water partition coefficient (Wildman–Crippen LogP) is 2.40. The summed E-state index contributed by atoms with van der Waals surface area (Å²) in [6.07, 6.45) is 5.74. The van der Waals surface area contributed by atoms with Crippen LogP contribution >= 0.6 is 0 Å². The minimum Gasteiger partial charge on any atom is -0.396 e. The molecule has 0 unspecified atom stereocenters. The lowest BCUT2D eigenvalue weighted by Crippen LogP contribution is -2.53. The Morgan fingerprint density at radius 2 is 2.00 bits per heavy atom. The number of hydrogen-bond donors (Lipinski definition) is 2. The lowest BCUT2D eigenvalue weighted by atomic mass is 9.80. The van der Waals surface area contributed by atoms with Gasteiger partial charge in [0.15, 0.2) is 0 Å². The second kappa shape index (κ2) is 6.43. The number of benzene rings is 1. The molecule has 1 aliphatic rings. The molecule has 0 aliphatic heterocycles. The average molecular weight is 293 g/mol. The van der Waals surface area contributed by atoms with Crippen molar-refractivity contribution >= 4 is 11.6 Å². The van der Waals surface area contributed by atoms with Crippen LogP contribution in [0, 0.1) is 5.82 Å². The monoisotopic (exact) mass is 293 g/mol. The number of para-hydroxylation sites is 1. The molecule has 0 atom stereocenters. The Morgan fingerprint density at radius 3 is 2.62 bits per heavy atom. The van der Waals surface area contributed by atoms with Gasteiger partial charge in [0.25, 0.3) is 5.91 Å². The molecule has 1 aromatic rings. The minimum absolute atomic E-state index is 0.00397. The third-order valence-electron chi connectivity index (χ3n) is 4.61. The second-order valence-corrected chi connectivity index (χ2v) is 6.06. The number of halogens is 1. The van der Waals surface area contributed by atoms with Crippen molar-refractivity contribution in [3.8, 4) is 0 Å². The number of amides is 1. The van der Waals surface area contributed by atoms with Crippen LogP contribution in [0.15, 0.2) is 18.2 Å². The van der Waals surface area contributed by atoms with Gasteiger partial charge in [0.1, 0.15) is 5.82 Å². The summed E-state index contributed by atoms with van der Waals surface area (Å²) in [6.45, 7) is 0.564. The fourth-order valence-electron chi connectivity index (χ4n) is 3.07. The zero-order chi connectivity index (χ0) is 15.5. The summed E-state index contributed by atoms with van der Waals surface area (Å²) in [5, 5.41) is 2.93. The number of rotatable bonds is 4. The summed E-state index contributed by atoms with van der Waals surface area (Å²) in [4.78, 5) is 14.4. The number of carbonyl (C=O) groups is 1. The summed E-state index contributed by atoms with van der Waals surface area (Å²) < 4.78 is 13.4. The van der Waals surface area contributed by atoms with Crippen molar-refractivity contribution in [1.82, 2.24) is 10.2 Å². The van der Waals surface area contributed by atoms with Crippen LogP contribution in [0.3, 0.4) is 0 Å². The van der Waals surface area contributed by atoms with Gasteiger partial charge in [0.2, 0.25) is 0 Å². The van der Waals surface area contributed by atoms with Crippen molar-refractivity contribution in [2.75, 3.05) is 26.4 Å². The minimum atomic E-state index is -0.553. The summed E-state index contributed by atoms with van der Waals surface area (Å²) in [5.74, 6) is -0.860. The topological polar surface area (TPSA) is 58.4 Å². The molecule has 1 aromatic carbocycles. The highest BCUT2D eigenvalue weighted by Crippen LogP contribution is 2.31. The first kappa shape index (κ1) is 15.8. The molecular weight excluding hydrogens is 269 g/mol. The van der Waals surface area contributed by atoms with E-state index in [1.54, 1.807) is 6.07 Å². The van der Waals surface area contributed by atoms with Gasteiger partial charge < -0.3 is 16.0 Å². The molecule has 0 radical (unpaired) electrons. The van der Waals surface area contributed by atoms with Crippen LogP contribution in [0.4, 0.5) is 10.1 Å². The standard InChI is InChI=1S/C16H24FN3O/c1-20(2)16(9-4-3-5-10-16)11-19-15(21)12-7-6-8-13(17)14(12)18/h6-8H,3-5,9-11,18H2,1-2H3,(H,19,21). The number of likely N-dealkylation sites (N-methyl/N-ethyl adjacent to an activating group) is 1. The van der Waals surface area contributed by atoms with Gasteiger partial charge in [-0.25, -0.2) is 4.39 Å². The maximum absolute atomic E-state index is 13.4. The number of nitrogen functional groups attached to an aromatic ring is 1. The van der Waals surface area contributed by atoms with Crippen molar-refractivity contribution in [2.45, 2.75) is 37.6 Å². The fraction of sp³-hybridized carbons (Fsp3) is 0.562. The first-order valence-corrected chi connectivity index (χ1v) is 7.46. The van der Waals surface area contributed by atoms with Crippen LogP contribution in [0.1, 0.15) is 42.5 Å². The molecule has 2 rings (SSSR count). The van der Waals surface area contributed by atoms with Crippen LogP contribution in [-0.2, 0) is 0 Å². The first-order chi connectivity index (χ1) is 9.96. The van der Waals surface area contributed by atoms with Crippen molar-refractivity contribution in [3.05, 3.63) is 29.6 Å². The van der Waals surface area contributed by atoms with Crippen LogP contribution < -0.4 is 11.1 Å². The summed E-state index contributed by atoms with van der Waals surface area (Å²) in [5.41, 5.74) is 5.76. The molecule has 0 aromatic heterocycles. The molecule has 21 heavy (non-hydrogen) atoms. The van der Waals surface area contributed by atoms with Gasteiger partial charge in [-0.05, 0) is 39.1 Å². The fourth-order valence-corrected chi connectivity index (χ4v) is 3.07. The third kappa shape index (κ3) is 3.35. The van der Waals surface area contributed by atoms with Gasteiger partial charge in [-0.1, -0.05) is 25.3 Å². The first-order valence-electron chi connectivity index (χ1n) is 7.46. The number of nitrogens with one attached hydrogen (secondary N) is 1. The molecule has 5 heteroatoms. The Kier molecular flexibility index (Phi) is 4.83. The van der Waals surface area contributed by atoms with Crippen LogP contribution in [0.2, 0.25) is 0 Å². The van der Waals surface area contributed by atoms with E-state index in [1.165, 1.54) is 31.4 Å². The van der Waals surface area contributed by atoms with E-state index in [-0.39, 0.29) is 22.7 Å². The van der Waals surface area contributed by atoms with E-state index >= 15 is 0 Å². The van der Waals surface area contributed by atoms with E-state index in [1.807, 2.05) is 14.1 Å². The van der Waals surface area contributed by atoms with E-state index in [0.29, 0.717) is 6.54 Å². The Labute approximate surface area is 125 Å². The average Bonchev–Trinajstić information content (AvgIpc) is 2.48. The van der Waals surface area contributed by atoms with Crippen molar-refractivity contribution in [1.29, 1.82) is 0 Å². The van der Waals surface area contributed by atoms with Crippen LogP contribution in [0.5, 0.6) is 0 Å². The van der Waals surface area contributed by atoms with Crippen LogP contribution in [-0.4, -0.2) is 37.0 Å². The molecule has 1 fully saturated rings. The van der Waals surface area contributed by atoms with Gasteiger partial charge in [-0.2, -0.15) is 0 Å². The SMILES string of the molecule is CN(C)C1(CNC(=O)c2cccc(F)c2N)CCCCC1. The van der Waals surface area contributed by atoms with Gasteiger partial charge in [0.05, 0.1) is 11.3 Å². The summed E-state index contributed by atoms with van der Waals surface area (Å²) in [6, 6.07) is 4.31. The van der Waals surface area contributed by atoms with Gasteiger partial charge in [0, 0.05) is 12.1 Å². The number of nitrogens with zero attached hydrogens (tertiary/aromatic N) is 1. The van der Waals surface area contributed by atoms with Gasteiger partial charge in [-0.15, -0.1) is 0 Å². The maximum Gasteiger partial charge on any atom is 0.253 e. The maximum atomic E-state index is 13.4. The summed E-state index contributed by atoms with van der Waals surface area (Å²) in [7, 11) is 4.10. The van der Waals surface area contributed by atoms with E-state index < -0.39 is 5.82 Å². The normalized spacial score (nSPS) is 17.7. The van der Waals surface area contributed by atoms with E-state index in [0.717, 1.165) is 12.8 Å². The zero-order valence-electron chi connectivity index (χ0n) is 12.8. The van der Waals surface area contributed by atoms with E-state index in [2.05, 4.69) is 10.2 Å². The lowest BCUT2D eigenvalue weighted by molar-refractivity contribution is 0.0800. The molecule has 1 amide bonds. The largest absolute Gasteiger partial charge is 0.396 e. The molecule has 4 nitrogen and oxygen atoms in total. The molecular formula is C16H24FN3O. The Bertz CT molecular complexity index is 510.